The molecule has 2 fully saturated rings. The average Bonchev–Trinajstić information content (AvgIpc) is 3.13. The first-order valence-electron chi connectivity index (χ1n) is 10.6. The van der Waals surface area contributed by atoms with Gasteiger partial charge in [0.15, 0.2) is 11.4 Å². The van der Waals surface area contributed by atoms with Crippen molar-refractivity contribution in [3.63, 3.8) is 0 Å². The van der Waals surface area contributed by atoms with Crippen LogP contribution in [0.5, 0.6) is 0 Å². The van der Waals surface area contributed by atoms with Gasteiger partial charge in [-0.15, -0.1) is 17.8 Å². The molecule has 0 aromatic carbocycles. The predicted octanol–water partition coefficient (Wildman–Crippen LogP) is 5.05. The Morgan fingerprint density at radius 1 is 1.25 bits per heavy atom. The van der Waals surface area contributed by atoms with Gasteiger partial charge in [0.05, 0.1) is 0 Å². The van der Waals surface area contributed by atoms with E-state index in [1.165, 1.54) is 22.2 Å². The molecule has 0 saturated heterocycles. The van der Waals surface area contributed by atoms with Gasteiger partial charge in [0.25, 0.3) is 0 Å². The van der Waals surface area contributed by atoms with Gasteiger partial charge in [0.1, 0.15) is 0 Å². The van der Waals surface area contributed by atoms with E-state index >= 15 is 0 Å². The maximum absolute atomic E-state index is 12.6. The number of fused-ring (bicyclic) bond motifs is 4. The molecule has 0 N–H and O–H groups in total. The largest absolute Gasteiger partial charge is 0.445 e. The second-order valence-electron chi connectivity index (χ2n) is 9.64. The molecule has 1 heterocycles. The Morgan fingerprint density at radius 3 is 2.75 bits per heavy atom. The number of terminal acetylenes is 1. The van der Waals surface area contributed by atoms with Crippen LogP contribution < -0.4 is 0 Å². The lowest BCUT2D eigenvalue weighted by molar-refractivity contribution is -0.166. The van der Waals surface area contributed by atoms with Crippen molar-refractivity contribution >= 4 is 23.1 Å². The number of rotatable bonds is 1. The van der Waals surface area contributed by atoms with Gasteiger partial charge in [-0.1, -0.05) is 12.8 Å². The minimum absolute atomic E-state index is 0.147. The third-order valence-electron chi connectivity index (χ3n) is 8.63. The van der Waals surface area contributed by atoms with E-state index < -0.39 is 5.60 Å². The Bertz CT molecular complexity index is 921. The van der Waals surface area contributed by atoms with Gasteiger partial charge in [-0.3, -0.25) is 9.59 Å². The number of ether oxygens (including phenoxy) is 1. The van der Waals surface area contributed by atoms with Crippen LogP contribution >= 0.6 is 11.3 Å². The van der Waals surface area contributed by atoms with Crippen molar-refractivity contribution in [2.75, 3.05) is 0 Å². The molecule has 1 aromatic rings. The number of aryl methyl sites for hydroxylation is 1. The third kappa shape index (κ3) is 2.17. The minimum atomic E-state index is -0.756. The molecule has 2 saturated carbocycles. The standard InChI is InChI=1S/C24H28O3S/c1-5-24(27-14(3)25)11-9-18-17-12-20-22-16(15(17)8-10-23(18,24)4)6-7-19(26)21(22)13(2)28-20/h1,15-18H,6-12H2,2-4H3/t15-,16-,17-,18+,23+,24+/m1/s1. The normalized spacial score (nSPS) is 40.9. The summed E-state index contributed by atoms with van der Waals surface area (Å²) in [5, 5.41) is 0. The van der Waals surface area contributed by atoms with Gasteiger partial charge in [-0.05, 0) is 74.7 Å². The monoisotopic (exact) mass is 396 g/mol. The number of hydrogen-bond acceptors (Lipinski definition) is 4. The van der Waals surface area contributed by atoms with E-state index in [0.29, 0.717) is 35.9 Å². The van der Waals surface area contributed by atoms with E-state index in [9.17, 15) is 9.59 Å². The Balaban J connectivity index is 1.56. The highest BCUT2D eigenvalue weighted by Gasteiger charge is 2.64. The second kappa shape index (κ2) is 5.95. The van der Waals surface area contributed by atoms with Crippen LogP contribution in [0.2, 0.25) is 0 Å². The molecule has 0 aliphatic heterocycles. The summed E-state index contributed by atoms with van der Waals surface area (Å²) in [7, 11) is 0. The van der Waals surface area contributed by atoms with E-state index in [0.717, 1.165) is 44.1 Å². The fourth-order valence-corrected chi connectivity index (χ4v) is 8.83. The summed E-state index contributed by atoms with van der Waals surface area (Å²) in [6.07, 6.45) is 12.7. The van der Waals surface area contributed by atoms with Crippen molar-refractivity contribution in [3.05, 3.63) is 20.9 Å². The molecule has 6 atom stereocenters. The summed E-state index contributed by atoms with van der Waals surface area (Å²) in [5.41, 5.74) is 1.57. The van der Waals surface area contributed by atoms with Gasteiger partial charge >= 0.3 is 5.97 Å². The molecule has 0 radical (unpaired) electrons. The number of thiophene rings is 1. The lowest BCUT2D eigenvalue weighted by atomic mass is 9.51. The number of Topliss-reactive ketones (excluding diaryl/α,β-unsaturated/α-hetero) is 1. The highest BCUT2D eigenvalue weighted by atomic mass is 32.1. The van der Waals surface area contributed by atoms with E-state index in [2.05, 4.69) is 19.8 Å². The van der Waals surface area contributed by atoms with Crippen LogP contribution in [0.25, 0.3) is 0 Å². The first-order chi connectivity index (χ1) is 13.3. The fraction of sp³-hybridized carbons (Fsp3) is 0.667. The fourth-order valence-electron chi connectivity index (χ4n) is 7.50. The summed E-state index contributed by atoms with van der Waals surface area (Å²) in [6.45, 7) is 5.87. The molecule has 0 bridgehead atoms. The summed E-state index contributed by atoms with van der Waals surface area (Å²) >= 11 is 1.85. The quantitative estimate of drug-likeness (QED) is 0.493. The highest BCUT2D eigenvalue weighted by Crippen LogP contribution is 2.66. The zero-order valence-electron chi connectivity index (χ0n) is 17.0. The third-order valence-corrected chi connectivity index (χ3v) is 9.77. The molecule has 4 aliphatic carbocycles. The smallest absolute Gasteiger partial charge is 0.304 e. The summed E-state index contributed by atoms with van der Waals surface area (Å²) in [5.74, 6) is 5.26. The average molecular weight is 397 g/mol. The maximum Gasteiger partial charge on any atom is 0.304 e. The highest BCUT2D eigenvalue weighted by molar-refractivity contribution is 7.12. The molecular weight excluding hydrogens is 368 g/mol. The van der Waals surface area contributed by atoms with Crippen LogP contribution in [0, 0.1) is 42.4 Å². The first kappa shape index (κ1) is 18.4. The van der Waals surface area contributed by atoms with Crippen molar-refractivity contribution in [1.29, 1.82) is 0 Å². The zero-order valence-corrected chi connectivity index (χ0v) is 17.8. The molecule has 4 heteroatoms. The predicted molar refractivity (Wildman–Crippen MR) is 109 cm³/mol. The van der Waals surface area contributed by atoms with Crippen molar-refractivity contribution in [2.24, 2.45) is 23.2 Å². The van der Waals surface area contributed by atoms with Crippen LogP contribution in [0.3, 0.4) is 0 Å². The first-order valence-corrected chi connectivity index (χ1v) is 11.5. The lowest BCUT2D eigenvalue weighted by Crippen LogP contribution is -2.53. The molecule has 5 rings (SSSR count). The van der Waals surface area contributed by atoms with E-state index in [-0.39, 0.29) is 11.4 Å². The molecule has 4 aliphatic rings. The molecule has 3 nitrogen and oxygen atoms in total. The van der Waals surface area contributed by atoms with Crippen LogP contribution in [0.4, 0.5) is 0 Å². The minimum Gasteiger partial charge on any atom is -0.445 e. The Hall–Kier alpha value is -1.60. The Morgan fingerprint density at radius 2 is 2.04 bits per heavy atom. The Kier molecular flexibility index (Phi) is 3.92. The van der Waals surface area contributed by atoms with Crippen molar-refractivity contribution in [3.8, 4) is 12.3 Å². The molecule has 0 unspecified atom stereocenters. The molecule has 148 valence electrons. The summed E-state index contributed by atoms with van der Waals surface area (Å²) in [6, 6.07) is 0. The number of carbonyl (C=O) groups is 2. The van der Waals surface area contributed by atoms with Gasteiger partial charge in [-0.25, -0.2) is 0 Å². The summed E-state index contributed by atoms with van der Waals surface area (Å²) < 4.78 is 5.85. The SMILES string of the molecule is C#C[C@]1(OC(C)=O)CC[C@H]2[C@@H]3Cc4sc(C)c5c4[C@H](CCC5=O)[C@H]3CC[C@@]21C. The molecular formula is C24H28O3S. The number of carbonyl (C=O) groups excluding carboxylic acids is 2. The van der Waals surface area contributed by atoms with E-state index in [4.69, 9.17) is 11.2 Å². The number of ketones is 1. The van der Waals surface area contributed by atoms with Gasteiger partial charge in [-0.2, -0.15) is 0 Å². The van der Waals surface area contributed by atoms with E-state index in [1.54, 1.807) is 0 Å². The number of esters is 1. The topological polar surface area (TPSA) is 43.4 Å². The van der Waals surface area contributed by atoms with Crippen molar-refractivity contribution < 1.29 is 14.3 Å². The van der Waals surface area contributed by atoms with Crippen molar-refractivity contribution in [1.82, 2.24) is 0 Å². The van der Waals surface area contributed by atoms with Crippen molar-refractivity contribution in [2.45, 2.75) is 77.2 Å². The van der Waals surface area contributed by atoms with Crippen LogP contribution in [-0.2, 0) is 16.0 Å². The van der Waals surface area contributed by atoms with Crippen LogP contribution in [-0.4, -0.2) is 17.4 Å². The van der Waals surface area contributed by atoms with Gasteiger partial charge < -0.3 is 4.74 Å². The zero-order chi connectivity index (χ0) is 19.8. The molecule has 28 heavy (non-hydrogen) atoms. The Labute approximate surface area is 171 Å². The lowest BCUT2D eigenvalue weighted by Gasteiger charge is -2.54. The van der Waals surface area contributed by atoms with Crippen LogP contribution in [0.15, 0.2) is 0 Å². The number of hydrogen-bond donors (Lipinski definition) is 0. The summed E-state index contributed by atoms with van der Waals surface area (Å²) in [4.78, 5) is 27.1. The second-order valence-corrected chi connectivity index (χ2v) is 10.9. The van der Waals surface area contributed by atoms with E-state index in [1.807, 2.05) is 11.3 Å². The van der Waals surface area contributed by atoms with Gasteiger partial charge in [0, 0.05) is 34.1 Å². The molecule has 0 amide bonds. The van der Waals surface area contributed by atoms with Crippen LogP contribution in [0.1, 0.15) is 84.0 Å². The maximum atomic E-state index is 12.6. The molecule has 1 aromatic heterocycles. The molecule has 0 spiro atoms. The van der Waals surface area contributed by atoms with Gasteiger partial charge in [0.2, 0.25) is 0 Å².